The fraction of sp³-hybridized carbons (Fsp3) is 0.385. The molecular weight excluding hydrogens is 276 g/mol. The Morgan fingerprint density at radius 1 is 1.25 bits per heavy atom. The van der Waals surface area contributed by atoms with Crippen LogP contribution in [0.1, 0.15) is 32.1 Å². The highest BCUT2D eigenvalue weighted by Gasteiger charge is 2.13. The zero-order valence-corrected chi connectivity index (χ0v) is 11.8. The van der Waals surface area contributed by atoms with E-state index in [1.165, 1.54) is 12.5 Å². The van der Waals surface area contributed by atoms with Gasteiger partial charge in [0.2, 0.25) is 0 Å². The lowest BCUT2D eigenvalue weighted by Crippen LogP contribution is -2.26. The van der Waals surface area contributed by atoms with Crippen molar-refractivity contribution < 1.29 is 4.92 Å². The van der Waals surface area contributed by atoms with E-state index < -0.39 is 4.92 Å². The van der Waals surface area contributed by atoms with Crippen LogP contribution in [0.25, 0.3) is 0 Å². The molecule has 0 amide bonds. The van der Waals surface area contributed by atoms with Crippen molar-refractivity contribution in [2.75, 3.05) is 5.32 Å². The summed E-state index contributed by atoms with van der Waals surface area (Å²) in [6.45, 7) is 0. The average molecular weight is 292 g/mol. The summed E-state index contributed by atoms with van der Waals surface area (Å²) in [6, 6.07) is 6.37. The third kappa shape index (κ3) is 3.99. The van der Waals surface area contributed by atoms with Crippen molar-refractivity contribution >= 4 is 34.4 Å². The molecular formula is C13H16N4O2S. The van der Waals surface area contributed by atoms with Gasteiger partial charge in [-0.3, -0.25) is 15.5 Å². The van der Waals surface area contributed by atoms with Crippen molar-refractivity contribution in [2.45, 2.75) is 32.1 Å². The highest BCUT2D eigenvalue weighted by Crippen LogP contribution is 2.22. The lowest BCUT2D eigenvalue weighted by Gasteiger charge is -2.13. The molecule has 0 aliphatic heterocycles. The van der Waals surface area contributed by atoms with E-state index in [0.29, 0.717) is 5.69 Å². The van der Waals surface area contributed by atoms with Gasteiger partial charge >= 0.3 is 0 Å². The molecule has 2 rings (SSSR count). The number of nitro benzene ring substituents is 1. The topological polar surface area (TPSA) is 79.6 Å². The predicted octanol–water partition coefficient (Wildman–Crippen LogP) is 3.20. The van der Waals surface area contributed by atoms with Crippen molar-refractivity contribution in [1.29, 1.82) is 0 Å². The van der Waals surface area contributed by atoms with Gasteiger partial charge in [-0.05, 0) is 44.0 Å². The number of hydrogen-bond acceptors (Lipinski definition) is 4. The maximum Gasteiger partial charge on any atom is 0.292 e. The minimum Gasteiger partial charge on any atom is -0.326 e. The molecule has 1 aliphatic carbocycles. The normalized spacial score (nSPS) is 14.5. The maximum absolute atomic E-state index is 10.9. The van der Waals surface area contributed by atoms with Crippen molar-refractivity contribution in [1.82, 2.24) is 5.43 Å². The number of hydrazone groups is 1. The van der Waals surface area contributed by atoms with Crippen LogP contribution in [0.15, 0.2) is 29.4 Å². The van der Waals surface area contributed by atoms with E-state index in [4.69, 9.17) is 12.2 Å². The molecule has 2 N–H and O–H groups in total. The van der Waals surface area contributed by atoms with Crippen LogP contribution < -0.4 is 10.7 Å². The molecule has 1 aliphatic rings. The summed E-state index contributed by atoms with van der Waals surface area (Å²) >= 11 is 5.10. The first-order valence-electron chi connectivity index (χ1n) is 6.52. The molecule has 0 unspecified atom stereocenters. The summed E-state index contributed by atoms with van der Waals surface area (Å²) in [7, 11) is 0. The van der Waals surface area contributed by atoms with E-state index in [2.05, 4.69) is 15.8 Å². The van der Waals surface area contributed by atoms with Crippen molar-refractivity contribution in [3.05, 3.63) is 34.4 Å². The van der Waals surface area contributed by atoms with Crippen LogP contribution in [-0.2, 0) is 0 Å². The van der Waals surface area contributed by atoms with E-state index in [9.17, 15) is 10.1 Å². The quantitative estimate of drug-likeness (QED) is 0.508. The molecule has 20 heavy (non-hydrogen) atoms. The minimum atomic E-state index is -0.446. The summed E-state index contributed by atoms with van der Waals surface area (Å²) in [4.78, 5) is 10.4. The van der Waals surface area contributed by atoms with Gasteiger partial charge in [0.15, 0.2) is 5.11 Å². The highest BCUT2D eigenvalue weighted by atomic mass is 32.1. The molecule has 0 aromatic heterocycles. The monoisotopic (exact) mass is 292 g/mol. The van der Waals surface area contributed by atoms with E-state index >= 15 is 0 Å². The van der Waals surface area contributed by atoms with Gasteiger partial charge < -0.3 is 5.32 Å². The van der Waals surface area contributed by atoms with Gasteiger partial charge in [-0.2, -0.15) is 5.10 Å². The van der Waals surface area contributed by atoms with Gasteiger partial charge in [0.25, 0.3) is 5.69 Å². The second kappa shape index (κ2) is 6.95. The zero-order chi connectivity index (χ0) is 14.4. The molecule has 0 atom stereocenters. The summed E-state index contributed by atoms with van der Waals surface area (Å²) in [5, 5.41) is 18.2. The van der Waals surface area contributed by atoms with Gasteiger partial charge in [-0.1, -0.05) is 18.6 Å². The molecule has 0 radical (unpaired) electrons. The Morgan fingerprint density at radius 2 is 1.95 bits per heavy atom. The van der Waals surface area contributed by atoms with Gasteiger partial charge in [0.1, 0.15) is 5.69 Å². The van der Waals surface area contributed by atoms with E-state index in [-0.39, 0.29) is 10.8 Å². The number of thiocarbonyl (C=S) groups is 1. The Balaban J connectivity index is 1.96. The Labute approximate surface area is 122 Å². The van der Waals surface area contributed by atoms with Gasteiger partial charge in [-0.15, -0.1) is 0 Å². The largest absolute Gasteiger partial charge is 0.326 e. The number of benzene rings is 1. The van der Waals surface area contributed by atoms with Gasteiger partial charge in [0.05, 0.1) is 4.92 Å². The number of rotatable bonds is 3. The number of hydrogen-bond donors (Lipinski definition) is 2. The molecule has 1 aromatic carbocycles. The van der Waals surface area contributed by atoms with Crippen molar-refractivity contribution in [2.24, 2.45) is 5.10 Å². The number of nitrogens with zero attached hydrogens (tertiary/aromatic N) is 2. The molecule has 0 heterocycles. The summed E-state index contributed by atoms with van der Waals surface area (Å²) in [6.07, 6.45) is 5.54. The smallest absolute Gasteiger partial charge is 0.292 e. The van der Waals surface area contributed by atoms with Crippen LogP contribution in [0.2, 0.25) is 0 Å². The van der Waals surface area contributed by atoms with Crippen molar-refractivity contribution in [3.8, 4) is 0 Å². The first kappa shape index (κ1) is 14.4. The number of nitro groups is 1. The maximum atomic E-state index is 10.9. The number of nitrogens with one attached hydrogen (secondary N) is 2. The summed E-state index contributed by atoms with van der Waals surface area (Å²) in [5.74, 6) is 0. The second-order valence-corrected chi connectivity index (χ2v) is 4.99. The lowest BCUT2D eigenvalue weighted by molar-refractivity contribution is -0.383. The van der Waals surface area contributed by atoms with Crippen LogP contribution in [0.4, 0.5) is 11.4 Å². The van der Waals surface area contributed by atoms with Gasteiger partial charge in [0, 0.05) is 11.8 Å². The standard InChI is InChI=1S/C13H16N4O2S/c18-17(19)12-9-5-4-8-11(12)14-13(20)16-15-10-6-2-1-3-7-10/h4-5,8-9H,1-3,6-7H2,(H2,14,16,20). The molecule has 7 heteroatoms. The Kier molecular flexibility index (Phi) is 5.00. The van der Waals surface area contributed by atoms with E-state index in [0.717, 1.165) is 31.4 Å². The molecule has 1 fully saturated rings. The van der Waals surface area contributed by atoms with E-state index in [1.807, 2.05) is 0 Å². The first-order chi connectivity index (χ1) is 9.66. The molecule has 106 valence electrons. The van der Waals surface area contributed by atoms with Crippen LogP contribution >= 0.6 is 12.2 Å². The predicted molar refractivity (Wildman–Crippen MR) is 83.0 cm³/mol. The zero-order valence-electron chi connectivity index (χ0n) is 11.0. The summed E-state index contributed by atoms with van der Waals surface area (Å²) in [5.41, 5.74) is 4.20. The fourth-order valence-corrected chi connectivity index (χ4v) is 2.25. The average Bonchev–Trinajstić information content (AvgIpc) is 2.46. The molecule has 1 saturated carbocycles. The van der Waals surface area contributed by atoms with Crippen LogP contribution in [0, 0.1) is 10.1 Å². The van der Waals surface area contributed by atoms with Crippen LogP contribution in [-0.4, -0.2) is 15.7 Å². The lowest BCUT2D eigenvalue weighted by atomic mass is 9.99. The number of para-hydroxylation sites is 2. The molecule has 6 nitrogen and oxygen atoms in total. The van der Waals surface area contributed by atoms with Crippen molar-refractivity contribution in [3.63, 3.8) is 0 Å². The van der Waals surface area contributed by atoms with E-state index in [1.54, 1.807) is 18.2 Å². The Hall–Kier alpha value is -2.02. The first-order valence-corrected chi connectivity index (χ1v) is 6.93. The Morgan fingerprint density at radius 3 is 2.65 bits per heavy atom. The Bertz CT molecular complexity index is 537. The molecule has 0 bridgehead atoms. The highest BCUT2D eigenvalue weighted by molar-refractivity contribution is 7.80. The number of anilines is 1. The molecule has 0 spiro atoms. The second-order valence-electron chi connectivity index (χ2n) is 4.58. The van der Waals surface area contributed by atoms with Gasteiger partial charge in [-0.25, -0.2) is 0 Å². The minimum absolute atomic E-state index is 0.0121. The summed E-state index contributed by atoms with van der Waals surface area (Å²) < 4.78 is 0. The third-order valence-corrected chi connectivity index (χ3v) is 3.29. The third-order valence-electron chi connectivity index (χ3n) is 3.10. The SMILES string of the molecule is O=[N+]([O-])c1ccccc1NC(=S)NN=C1CCCCC1. The van der Waals surface area contributed by atoms with Crippen LogP contribution in [0.3, 0.4) is 0 Å². The molecule has 1 aromatic rings. The molecule has 0 saturated heterocycles. The fourth-order valence-electron chi connectivity index (χ4n) is 2.09. The van der Waals surface area contributed by atoms with Crippen LogP contribution in [0.5, 0.6) is 0 Å².